The average molecular weight is 336 g/mol. The molecular weight excluding hydrogens is 298 g/mol. The van der Waals surface area contributed by atoms with E-state index < -0.39 is 0 Å². The van der Waals surface area contributed by atoms with Crippen molar-refractivity contribution in [1.29, 1.82) is 0 Å². The highest BCUT2D eigenvalue weighted by molar-refractivity contribution is 5.79. The first-order valence-corrected chi connectivity index (χ1v) is 10.5. The number of rotatable bonds is 3. The zero-order valence-corrected chi connectivity index (χ0v) is 15.7. The molecule has 0 spiro atoms. The molecule has 0 aliphatic carbocycles. The van der Waals surface area contributed by atoms with Crippen molar-refractivity contribution in [3.05, 3.63) is 0 Å². The van der Waals surface area contributed by atoms with Gasteiger partial charge in [0.2, 0.25) is 5.91 Å². The van der Waals surface area contributed by atoms with Gasteiger partial charge in [0.1, 0.15) is 0 Å². The minimum absolute atomic E-state index is 0.302. The Morgan fingerprint density at radius 1 is 0.792 bits per heavy atom. The SMILES string of the molecule is CCN1CCC(N2CCC(C(=O)N3CCCCCCC3)CC2)CC1. The molecule has 3 fully saturated rings. The van der Waals surface area contributed by atoms with E-state index in [9.17, 15) is 4.79 Å². The Labute approximate surface area is 148 Å². The molecule has 4 nitrogen and oxygen atoms in total. The van der Waals surface area contributed by atoms with Crippen LogP contribution in [0.1, 0.15) is 64.7 Å². The van der Waals surface area contributed by atoms with Gasteiger partial charge in [0.25, 0.3) is 0 Å². The number of amides is 1. The van der Waals surface area contributed by atoms with E-state index in [1.54, 1.807) is 0 Å². The summed E-state index contributed by atoms with van der Waals surface area (Å²) in [5.74, 6) is 0.772. The molecule has 0 radical (unpaired) electrons. The fourth-order valence-electron chi connectivity index (χ4n) is 4.84. The highest BCUT2D eigenvalue weighted by Gasteiger charge is 2.32. The van der Waals surface area contributed by atoms with Crippen molar-refractivity contribution in [3.8, 4) is 0 Å². The van der Waals surface area contributed by atoms with Crippen LogP contribution in [0.4, 0.5) is 0 Å². The second-order valence-electron chi connectivity index (χ2n) is 8.07. The van der Waals surface area contributed by atoms with Gasteiger partial charge in [-0.2, -0.15) is 0 Å². The predicted molar refractivity (Wildman–Crippen MR) is 99.1 cm³/mol. The van der Waals surface area contributed by atoms with Gasteiger partial charge in [0.05, 0.1) is 0 Å². The van der Waals surface area contributed by atoms with Crippen molar-refractivity contribution in [2.24, 2.45) is 5.92 Å². The maximum Gasteiger partial charge on any atom is 0.225 e. The maximum absolute atomic E-state index is 12.9. The summed E-state index contributed by atoms with van der Waals surface area (Å²) in [7, 11) is 0. The number of hydrogen-bond donors (Lipinski definition) is 0. The van der Waals surface area contributed by atoms with Crippen LogP contribution in [-0.4, -0.2) is 72.5 Å². The summed E-state index contributed by atoms with van der Waals surface area (Å²) in [5, 5.41) is 0. The smallest absolute Gasteiger partial charge is 0.225 e. The van der Waals surface area contributed by atoms with E-state index in [-0.39, 0.29) is 0 Å². The van der Waals surface area contributed by atoms with Crippen LogP contribution < -0.4 is 0 Å². The van der Waals surface area contributed by atoms with Crippen LogP contribution in [0.2, 0.25) is 0 Å². The highest BCUT2D eigenvalue weighted by atomic mass is 16.2. The fourth-order valence-corrected chi connectivity index (χ4v) is 4.84. The Morgan fingerprint density at radius 2 is 1.38 bits per heavy atom. The van der Waals surface area contributed by atoms with Crippen LogP contribution in [0.25, 0.3) is 0 Å². The Bertz CT molecular complexity index is 376. The molecule has 0 atom stereocenters. The predicted octanol–water partition coefficient (Wildman–Crippen LogP) is 2.98. The monoisotopic (exact) mass is 335 g/mol. The lowest BCUT2D eigenvalue weighted by Crippen LogP contribution is -2.49. The van der Waals surface area contributed by atoms with Crippen LogP contribution in [-0.2, 0) is 4.79 Å². The maximum atomic E-state index is 12.9. The molecule has 3 rings (SSSR count). The van der Waals surface area contributed by atoms with E-state index in [0.29, 0.717) is 11.8 Å². The summed E-state index contributed by atoms with van der Waals surface area (Å²) < 4.78 is 0. The van der Waals surface area contributed by atoms with Crippen LogP contribution >= 0.6 is 0 Å². The molecule has 0 bridgehead atoms. The number of hydrogen-bond acceptors (Lipinski definition) is 3. The molecule has 24 heavy (non-hydrogen) atoms. The number of carbonyl (C=O) groups excluding carboxylic acids is 1. The summed E-state index contributed by atoms with van der Waals surface area (Å²) in [6.07, 6.45) is 11.2. The fraction of sp³-hybridized carbons (Fsp3) is 0.950. The quantitative estimate of drug-likeness (QED) is 0.793. The molecule has 0 N–H and O–H groups in total. The molecule has 0 aromatic rings. The summed E-state index contributed by atoms with van der Waals surface area (Å²) >= 11 is 0. The number of likely N-dealkylation sites (tertiary alicyclic amines) is 3. The van der Waals surface area contributed by atoms with E-state index in [0.717, 1.165) is 45.1 Å². The van der Waals surface area contributed by atoms with Gasteiger partial charge >= 0.3 is 0 Å². The number of carbonyl (C=O) groups is 1. The topological polar surface area (TPSA) is 26.8 Å². The average Bonchev–Trinajstić information content (AvgIpc) is 2.61. The van der Waals surface area contributed by atoms with Crippen molar-refractivity contribution in [1.82, 2.24) is 14.7 Å². The molecule has 0 aromatic heterocycles. The van der Waals surface area contributed by atoms with Gasteiger partial charge < -0.3 is 14.7 Å². The number of nitrogens with zero attached hydrogens (tertiary/aromatic N) is 3. The molecule has 138 valence electrons. The third kappa shape index (κ3) is 4.72. The van der Waals surface area contributed by atoms with Gasteiger partial charge in [-0.05, 0) is 71.2 Å². The summed E-state index contributed by atoms with van der Waals surface area (Å²) in [6.45, 7) is 10.3. The van der Waals surface area contributed by atoms with Crippen LogP contribution in [0.3, 0.4) is 0 Å². The van der Waals surface area contributed by atoms with E-state index in [1.165, 1.54) is 64.6 Å². The van der Waals surface area contributed by atoms with Gasteiger partial charge in [-0.3, -0.25) is 4.79 Å². The van der Waals surface area contributed by atoms with E-state index in [4.69, 9.17) is 0 Å². The van der Waals surface area contributed by atoms with Gasteiger partial charge in [0, 0.05) is 25.0 Å². The van der Waals surface area contributed by atoms with Crippen molar-refractivity contribution < 1.29 is 4.79 Å². The molecule has 3 heterocycles. The largest absolute Gasteiger partial charge is 0.342 e. The first kappa shape index (κ1) is 18.2. The summed E-state index contributed by atoms with van der Waals surface area (Å²) in [5.41, 5.74) is 0. The molecule has 0 saturated carbocycles. The Morgan fingerprint density at radius 3 is 1.96 bits per heavy atom. The van der Waals surface area contributed by atoms with Crippen molar-refractivity contribution in [2.45, 2.75) is 70.8 Å². The normalized spacial score (nSPS) is 27.0. The van der Waals surface area contributed by atoms with Crippen molar-refractivity contribution >= 4 is 5.91 Å². The molecule has 3 aliphatic rings. The zero-order valence-electron chi connectivity index (χ0n) is 15.7. The van der Waals surface area contributed by atoms with Crippen LogP contribution in [0.5, 0.6) is 0 Å². The Balaban J connectivity index is 1.43. The van der Waals surface area contributed by atoms with Crippen LogP contribution in [0.15, 0.2) is 0 Å². The highest BCUT2D eigenvalue weighted by Crippen LogP contribution is 2.26. The lowest BCUT2D eigenvalue weighted by molar-refractivity contribution is -0.137. The first-order chi connectivity index (χ1) is 11.8. The number of piperidine rings is 2. The molecule has 4 heteroatoms. The second-order valence-corrected chi connectivity index (χ2v) is 8.07. The lowest BCUT2D eigenvalue weighted by atomic mass is 9.92. The molecule has 3 aliphatic heterocycles. The van der Waals surface area contributed by atoms with Gasteiger partial charge in [0.15, 0.2) is 0 Å². The molecule has 0 aromatic carbocycles. The minimum atomic E-state index is 0.302. The standard InChI is InChI=1S/C20H37N3O/c1-2-21-14-10-19(11-15-21)22-16-8-18(9-17-22)20(24)23-12-6-4-3-5-7-13-23/h18-19H,2-17H2,1H3. The zero-order chi connectivity index (χ0) is 16.8. The van der Waals surface area contributed by atoms with Crippen molar-refractivity contribution in [3.63, 3.8) is 0 Å². The minimum Gasteiger partial charge on any atom is -0.342 e. The van der Waals surface area contributed by atoms with E-state index in [2.05, 4.69) is 21.6 Å². The van der Waals surface area contributed by atoms with Crippen molar-refractivity contribution in [2.75, 3.05) is 45.8 Å². The summed E-state index contributed by atoms with van der Waals surface area (Å²) in [4.78, 5) is 20.3. The van der Waals surface area contributed by atoms with E-state index >= 15 is 0 Å². The van der Waals surface area contributed by atoms with Gasteiger partial charge in [-0.1, -0.05) is 26.2 Å². The Kier molecular flexibility index (Phi) is 6.96. The van der Waals surface area contributed by atoms with E-state index in [1.807, 2.05) is 0 Å². The molecule has 1 amide bonds. The molecular formula is C20H37N3O. The Hall–Kier alpha value is -0.610. The third-order valence-electron chi connectivity index (χ3n) is 6.57. The van der Waals surface area contributed by atoms with Gasteiger partial charge in [-0.25, -0.2) is 0 Å². The third-order valence-corrected chi connectivity index (χ3v) is 6.57. The molecule has 0 unspecified atom stereocenters. The summed E-state index contributed by atoms with van der Waals surface area (Å²) in [6, 6.07) is 0.769. The second kappa shape index (κ2) is 9.19. The lowest BCUT2D eigenvalue weighted by Gasteiger charge is -2.42. The molecule has 3 saturated heterocycles. The first-order valence-electron chi connectivity index (χ1n) is 10.5. The van der Waals surface area contributed by atoms with Gasteiger partial charge in [-0.15, -0.1) is 0 Å². The van der Waals surface area contributed by atoms with Crippen LogP contribution in [0, 0.1) is 5.92 Å².